The van der Waals surface area contributed by atoms with Gasteiger partial charge in [0, 0.05) is 5.56 Å². The molecule has 5 rings (SSSR count). The predicted octanol–water partition coefficient (Wildman–Crippen LogP) is 1.95. The molecule has 9 nitrogen and oxygen atoms in total. The molecule has 1 N–H and O–H groups in total. The van der Waals surface area contributed by atoms with E-state index in [2.05, 4.69) is 15.4 Å². The van der Waals surface area contributed by atoms with E-state index in [9.17, 15) is 9.18 Å². The van der Waals surface area contributed by atoms with Crippen molar-refractivity contribution in [3.8, 4) is 11.6 Å². The number of fused-ring (bicyclic) bond motifs is 1. The first kappa shape index (κ1) is 18.6. The second kappa shape index (κ2) is 6.54. The normalized spacial score (nSPS) is 20.3. The first-order valence-electron chi connectivity index (χ1n) is 9.68. The number of nitrogens with zero attached hydrogens (tertiary/aromatic N) is 5. The molecule has 3 aromatic heterocycles. The van der Waals surface area contributed by atoms with Crippen molar-refractivity contribution in [3.63, 3.8) is 0 Å². The molecular weight excluding hydrogens is 391 g/mol. The van der Waals surface area contributed by atoms with Gasteiger partial charge in [-0.15, -0.1) is 0 Å². The van der Waals surface area contributed by atoms with Gasteiger partial charge in [-0.1, -0.05) is 0 Å². The van der Waals surface area contributed by atoms with Gasteiger partial charge in [0.2, 0.25) is 5.88 Å². The Morgan fingerprint density at radius 3 is 2.97 bits per heavy atom. The lowest BCUT2D eigenvalue weighted by Crippen LogP contribution is -2.48. The van der Waals surface area contributed by atoms with Gasteiger partial charge in [-0.05, 0) is 26.8 Å². The van der Waals surface area contributed by atoms with Gasteiger partial charge in [0.05, 0.1) is 36.7 Å². The third-order valence-corrected chi connectivity index (χ3v) is 5.22. The van der Waals surface area contributed by atoms with Gasteiger partial charge >= 0.3 is 0 Å². The number of carbonyl (C=O) groups excluding carboxylic acids is 1. The number of carbonyl (C=O) groups is 1. The number of amides is 1. The Kier molecular flexibility index (Phi) is 4.05. The molecule has 1 atom stereocenters. The predicted molar refractivity (Wildman–Crippen MR) is 105 cm³/mol. The molecule has 0 aromatic carbocycles. The van der Waals surface area contributed by atoms with Crippen LogP contribution in [0, 0.1) is 5.82 Å². The number of halogens is 1. The largest absolute Gasteiger partial charge is 0.486 e. The molecule has 10 heteroatoms. The minimum Gasteiger partial charge on any atom is -0.486 e. The van der Waals surface area contributed by atoms with Crippen molar-refractivity contribution < 1.29 is 18.7 Å². The van der Waals surface area contributed by atoms with E-state index in [-0.39, 0.29) is 18.6 Å². The molecule has 30 heavy (non-hydrogen) atoms. The summed E-state index contributed by atoms with van der Waals surface area (Å²) in [4.78, 5) is 23.8. The fourth-order valence-corrected chi connectivity index (χ4v) is 3.65. The van der Waals surface area contributed by atoms with Crippen molar-refractivity contribution in [2.75, 3.05) is 18.1 Å². The molecule has 0 fully saturated rings. The van der Waals surface area contributed by atoms with Crippen LogP contribution in [0.3, 0.4) is 0 Å². The molecule has 3 aromatic rings. The fourth-order valence-electron chi connectivity index (χ4n) is 3.65. The average molecular weight is 412 g/mol. The summed E-state index contributed by atoms with van der Waals surface area (Å²) in [6, 6.07) is 1.38. The maximum atomic E-state index is 14.0. The molecule has 0 aliphatic carbocycles. The van der Waals surface area contributed by atoms with Crippen molar-refractivity contribution in [2.24, 2.45) is 0 Å². The summed E-state index contributed by atoms with van der Waals surface area (Å²) in [5.41, 5.74) is 0.651. The maximum absolute atomic E-state index is 14.0. The summed E-state index contributed by atoms with van der Waals surface area (Å²) in [5.74, 6) is 0.662. The van der Waals surface area contributed by atoms with E-state index in [1.54, 1.807) is 6.20 Å². The second-order valence-corrected chi connectivity index (χ2v) is 8.29. The van der Waals surface area contributed by atoms with Gasteiger partial charge < -0.3 is 19.7 Å². The van der Waals surface area contributed by atoms with Gasteiger partial charge in [0.15, 0.2) is 17.2 Å². The van der Waals surface area contributed by atoms with E-state index in [0.29, 0.717) is 47.4 Å². The molecule has 0 saturated carbocycles. The minimum atomic E-state index is -0.709. The van der Waals surface area contributed by atoms with Crippen LogP contribution < -0.4 is 19.7 Å². The smallest absolute Gasteiger partial charge is 0.257 e. The molecule has 2 aliphatic rings. The SMILES string of the molecule is CC1COc2cn3ncc4c3nc2N1Cc1cc(F)cnc1OCC(C)(C)NC4=O. The molecular formula is C20H21FN6O3. The van der Waals surface area contributed by atoms with E-state index in [1.807, 2.05) is 25.7 Å². The van der Waals surface area contributed by atoms with Crippen LogP contribution in [0.25, 0.3) is 5.65 Å². The van der Waals surface area contributed by atoms with Crippen molar-refractivity contribution in [1.82, 2.24) is 24.9 Å². The zero-order valence-electron chi connectivity index (χ0n) is 16.8. The monoisotopic (exact) mass is 412 g/mol. The van der Waals surface area contributed by atoms with Crippen LogP contribution in [0.1, 0.15) is 36.7 Å². The number of pyridine rings is 1. The lowest BCUT2D eigenvalue weighted by molar-refractivity contribution is 0.0880. The summed E-state index contributed by atoms with van der Waals surface area (Å²) >= 11 is 0. The van der Waals surface area contributed by atoms with Gasteiger partial charge in [-0.25, -0.2) is 18.9 Å². The van der Waals surface area contributed by atoms with Crippen LogP contribution >= 0.6 is 0 Å². The topological polar surface area (TPSA) is 93.9 Å². The number of rotatable bonds is 0. The minimum absolute atomic E-state index is 0.0367. The Bertz CT molecular complexity index is 1160. The average Bonchev–Trinajstić information content (AvgIpc) is 3.10. The lowest BCUT2D eigenvalue weighted by atomic mass is 10.1. The van der Waals surface area contributed by atoms with Crippen molar-refractivity contribution in [3.05, 3.63) is 41.6 Å². The van der Waals surface area contributed by atoms with Crippen molar-refractivity contribution in [2.45, 2.75) is 38.9 Å². The van der Waals surface area contributed by atoms with Gasteiger partial charge in [0.25, 0.3) is 5.91 Å². The summed E-state index contributed by atoms with van der Waals surface area (Å²) in [6.07, 6.45) is 4.32. The molecule has 156 valence electrons. The number of nitrogens with one attached hydrogen (secondary N) is 1. The molecule has 0 saturated heterocycles. The second-order valence-electron chi connectivity index (χ2n) is 8.29. The summed E-state index contributed by atoms with van der Waals surface area (Å²) in [6.45, 7) is 6.59. The first-order valence-corrected chi connectivity index (χ1v) is 9.68. The van der Waals surface area contributed by atoms with E-state index in [0.717, 1.165) is 6.20 Å². The third kappa shape index (κ3) is 3.08. The molecule has 1 amide bonds. The quantitative estimate of drug-likeness (QED) is 0.603. The highest BCUT2D eigenvalue weighted by Gasteiger charge is 2.31. The van der Waals surface area contributed by atoms with E-state index in [1.165, 1.54) is 16.8 Å². The van der Waals surface area contributed by atoms with Crippen LogP contribution in [-0.2, 0) is 6.54 Å². The zero-order valence-corrected chi connectivity index (χ0v) is 16.8. The Morgan fingerprint density at radius 1 is 1.30 bits per heavy atom. The molecule has 1 unspecified atom stereocenters. The highest BCUT2D eigenvalue weighted by atomic mass is 19.1. The summed E-state index contributed by atoms with van der Waals surface area (Å²) < 4.78 is 27.3. The maximum Gasteiger partial charge on any atom is 0.257 e. The van der Waals surface area contributed by atoms with E-state index < -0.39 is 11.4 Å². The molecule has 5 heterocycles. The Morgan fingerprint density at radius 2 is 2.13 bits per heavy atom. The van der Waals surface area contributed by atoms with Crippen molar-refractivity contribution >= 4 is 17.4 Å². The van der Waals surface area contributed by atoms with Crippen LogP contribution in [0.2, 0.25) is 0 Å². The number of hydrogen-bond donors (Lipinski definition) is 1. The van der Waals surface area contributed by atoms with Crippen LogP contribution in [-0.4, -0.2) is 50.3 Å². The highest BCUT2D eigenvalue weighted by molar-refractivity contribution is 6.00. The van der Waals surface area contributed by atoms with Crippen LogP contribution in [0.5, 0.6) is 11.6 Å². The highest BCUT2D eigenvalue weighted by Crippen LogP contribution is 2.35. The van der Waals surface area contributed by atoms with Gasteiger partial charge in [-0.3, -0.25) is 4.79 Å². The number of hydrogen-bond acceptors (Lipinski definition) is 7. The summed E-state index contributed by atoms with van der Waals surface area (Å²) in [5, 5.41) is 7.21. The first-order chi connectivity index (χ1) is 14.3. The van der Waals surface area contributed by atoms with Gasteiger partial charge in [0.1, 0.15) is 24.6 Å². The fraction of sp³-hybridized carbons (Fsp3) is 0.400. The number of aromatic nitrogens is 4. The Labute approximate surface area is 171 Å². The van der Waals surface area contributed by atoms with E-state index >= 15 is 0 Å². The molecule has 0 spiro atoms. The standard InChI is InChI=1S/C20H21FN6O3/c1-11-9-29-15-8-27-16-14(6-23-27)18(28)25-20(2,3)10-30-19-12(4-13(21)5-22-19)7-26(11)17(15)24-16/h4-6,8,11H,7,9-10H2,1-3H3,(H,25,28). The van der Waals surface area contributed by atoms with Gasteiger partial charge in [-0.2, -0.15) is 5.10 Å². The Balaban J connectivity index is 1.71. The van der Waals surface area contributed by atoms with E-state index in [4.69, 9.17) is 14.5 Å². The molecule has 2 bridgehead atoms. The summed E-state index contributed by atoms with van der Waals surface area (Å²) in [7, 11) is 0. The third-order valence-electron chi connectivity index (χ3n) is 5.22. The zero-order chi connectivity index (χ0) is 21.0. The molecule has 0 radical (unpaired) electrons. The number of anilines is 1. The van der Waals surface area contributed by atoms with Crippen LogP contribution in [0.15, 0.2) is 24.7 Å². The molecule has 2 aliphatic heterocycles. The number of ether oxygens (including phenoxy) is 2. The lowest BCUT2D eigenvalue weighted by Gasteiger charge is -2.35. The van der Waals surface area contributed by atoms with Crippen molar-refractivity contribution in [1.29, 1.82) is 0 Å². The van der Waals surface area contributed by atoms with Crippen LogP contribution in [0.4, 0.5) is 10.2 Å². The Hall–Kier alpha value is -3.43.